The number of fused-ring (bicyclic) bond motifs is 1. The second-order valence-electron chi connectivity index (χ2n) is 4.67. The minimum atomic E-state index is 0.689. The summed E-state index contributed by atoms with van der Waals surface area (Å²) in [4.78, 5) is 6.92. The maximum Gasteiger partial charge on any atom is 0.128 e. The zero-order valence-corrected chi connectivity index (χ0v) is 9.11. The van der Waals surface area contributed by atoms with Crippen molar-refractivity contribution in [3.8, 4) is 0 Å². The number of hydrogen-bond donors (Lipinski definition) is 1. The molecule has 0 aromatic carbocycles. The van der Waals surface area contributed by atoms with Gasteiger partial charge in [-0.05, 0) is 37.4 Å². The van der Waals surface area contributed by atoms with Gasteiger partial charge in [-0.2, -0.15) is 0 Å². The summed E-state index contributed by atoms with van der Waals surface area (Å²) in [5.41, 5.74) is 1.23. The van der Waals surface area contributed by atoms with Gasteiger partial charge in [0.25, 0.3) is 0 Å². The van der Waals surface area contributed by atoms with Crippen molar-refractivity contribution in [3.63, 3.8) is 0 Å². The number of nitrogens with one attached hydrogen (secondary N) is 1. The van der Waals surface area contributed by atoms with Gasteiger partial charge in [-0.15, -0.1) is 0 Å². The van der Waals surface area contributed by atoms with Crippen molar-refractivity contribution in [2.45, 2.75) is 19.4 Å². The summed E-state index contributed by atoms with van der Waals surface area (Å²) in [6.07, 6.45) is 3.28. The van der Waals surface area contributed by atoms with Crippen LogP contribution in [0.5, 0.6) is 0 Å². The first-order chi connectivity index (χ1) is 7.34. The van der Waals surface area contributed by atoms with Gasteiger partial charge in [0.2, 0.25) is 0 Å². The number of rotatable bonds is 1. The van der Waals surface area contributed by atoms with Crippen LogP contribution in [0, 0.1) is 12.8 Å². The zero-order valence-electron chi connectivity index (χ0n) is 9.11. The van der Waals surface area contributed by atoms with Crippen molar-refractivity contribution in [3.05, 3.63) is 23.9 Å². The molecule has 2 unspecified atom stereocenters. The Morgan fingerprint density at radius 2 is 2.40 bits per heavy atom. The van der Waals surface area contributed by atoms with Crippen molar-refractivity contribution < 1.29 is 0 Å². The third kappa shape index (κ3) is 1.51. The molecule has 2 atom stereocenters. The molecular formula is C12H17N3. The van der Waals surface area contributed by atoms with Crippen molar-refractivity contribution in [2.24, 2.45) is 5.92 Å². The number of aromatic nitrogens is 1. The highest BCUT2D eigenvalue weighted by atomic mass is 15.3. The molecule has 2 aliphatic rings. The van der Waals surface area contributed by atoms with E-state index < -0.39 is 0 Å². The second-order valence-corrected chi connectivity index (χ2v) is 4.67. The fourth-order valence-corrected chi connectivity index (χ4v) is 2.62. The van der Waals surface area contributed by atoms with Gasteiger partial charge in [0.15, 0.2) is 0 Å². The molecule has 2 aliphatic heterocycles. The molecule has 0 saturated carbocycles. The molecule has 0 aliphatic carbocycles. The van der Waals surface area contributed by atoms with Gasteiger partial charge in [0, 0.05) is 25.3 Å². The minimum Gasteiger partial charge on any atom is -0.352 e. The molecule has 0 spiro atoms. The van der Waals surface area contributed by atoms with E-state index in [1.165, 1.54) is 25.1 Å². The Hall–Kier alpha value is -1.09. The van der Waals surface area contributed by atoms with Gasteiger partial charge in [-0.25, -0.2) is 4.98 Å². The monoisotopic (exact) mass is 203 g/mol. The highest BCUT2D eigenvalue weighted by molar-refractivity contribution is 5.44. The summed E-state index contributed by atoms with van der Waals surface area (Å²) in [7, 11) is 0. The molecule has 1 aromatic rings. The molecule has 3 heterocycles. The lowest BCUT2D eigenvalue weighted by molar-refractivity contribution is 0.227. The number of aryl methyl sites for hydroxylation is 1. The zero-order chi connectivity index (χ0) is 10.3. The van der Waals surface area contributed by atoms with E-state index >= 15 is 0 Å². The van der Waals surface area contributed by atoms with Crippen LogP contribution in [-0.2, 0) is 0 Å². The maximum absolute atomic E-state index is 4.49. The second kappa shape index (κ2) is 3.49. The first-order valence-corrected chi connectivity index (χ1v) is 5.74. The Kier molecular flexibility index (Phi) is 2.13. The van der Waals surface area contributed by atoms with Crippen molar-refractivity contribution in [1.29, 1.82) is 0 Å². The fraction of sp³-hybridized carbons (Fsp3) is 0.583. The lowest BCUT2D eigenvalue weighted by Gasteiger charge is -2.51. The van der Waals surface area contributed by atoms with Crippen LogP contribution < -0.4 is 10.2 Å². The molecule has 3 heteroatoms. The van der Waals surface area contributed by atoms with E-state index in [1.807, 2.05) is 6.20 Å². The molecule has 3 nitrogen and oxygen atoms in total. The van der Waals surface area contributed by atoms with Crippen molar-refractivity contribution >= 4 is 5.82 Å². The van der Waals surface area contributed by atoms with Gasteiger partial charge in [-0.3, -0.25) is 0 Å². The molecule has 2 saturated heterocycles. The highest BCUT2D eigenvalue weighted by Gasteiger charge is 2.40. The first kappa shape index (κ1) is 9.16. The van der Waals surface area contributed by atoms with Gasteiger partial charge >= 0.3 is 0 Å². The van der Waals surface area contributed by atoms with Gasteiger partial charge in [0.1, 0.15) is 5.82 Å². The minimum absolute atomic E-state index is 0.689. The summed E-state index contributed by atoms with van der Waals surface area (Å²) in [6, 6.07) is 4.97. The van der Waals surface area contributed by atoms with E-state index in [2.05, 4.69) is 34.3 Å². The lowest BCUT2D eigenvalue weighted by atomic mass is 9.83. The van der Waals surface area contributed by atoms with Gasteiger partial charge in [0.05, 0.1) is 0 Å². The molecule has 1 aromatic heterocycles. The van der Waals surface area contributed by atoms with E-state index in [4.69, 9.17) is 0 Å². The number of pyridine rings is 1. The number of hydrogen-bond acceptors (Lipinski definition) is 3. The summed E-state index contributed by atoms with van der Waals surface area (Å²) < 4.78 is 0. The standard InChI is InChI=1S/C12H17N3/c1-9-2-3-12(14-6-9)15-8-10-4-5-13-7-11(10)15/h2-3,6,10-11,13H,4-5,7-8H2,1H3. The molecule has 0 radical (unpaired) electrons. The Morgan fingerprint density at radius 1 is 1.47 bits per heavy atom. The Labute approximate surface area is 90.5 Å². The average molecular weight is 203 g/mol. The van der Waals surface area contributed by atoms with E-state index in [-0.39, 0.29) is 0 Å². The predicted molar refractivity (Wildman–Crippen MR) is 61.1 cm³/mol. The fourth-order valence-electron chi connectivity index (χ4n) is 2.62. The van der Waals surface area contributed by atoms with Gasteiger partial charge in [-0.1, -0.05) is 6.07 Å². The smallest absolute Gasteiger partial charge is 0.128 e. The van der Waals surface area contributed by atoms with Crippen molar-refractivity contribution in [1.82, 2.24) is 10.3 Å². The molecule has 80 valence electrons. The Morgan fingerprint density at radius 3 is 3.13 bits per heavy atom. The first-order valence-electron chi connectivity index (χ1n) is 5.74. The lowest BCUT2D eigenvalue weighted by Crippen LogP contribution is -2.63. The topological polar surface area (TPSA) is 28.2 Å². The number of nitrogens with zero attached hydrogens (tertiary/aromatic N) is 2. The number of anilines is 1. The van der Waals surface area contributed by atoms with Crippen molar-refractivity contribution in [2.75, 3.05) is 24.5 Å². The maximum atomic E-state index is 4.49. The van der Waals surface area contributed by atoms with E-state index in [9.17, 15) is 0 Å². The quantitative estimate of drug-likeness (QED) is 0.743. The molecule has 2 fully saturated rings. The summed E-state index contributed by atoms with van der Waals surface area (Å²) in [5.74, 6) is 2.04. The van der Waals surface area contributed by atoms with E-state index in [1.54, 1.807) is 0 Å². The molecular weight excluding hydrogens is 186 g/mol. The van der Waals surface area contributed by atoms with Crippen LogP contribution in [0.25, 0.3) is 0 Å². The summed E-state index contributed by atoms with van der Waals surface area (Å²) in [6.45, 7) is 5.59. The molecule has 1 N–H and O–H groups in total. The molecule has 15 heavy (non-hydrogen) atoms. The van der Waals surface area contributed by atoms with Crippen LogP contribution in [0.4, 0.5) is 5.82 Å². The van der Waals surface area contributed by atoms with E-state index in [0.29, 0.717) is 6.04 Å². The van der Waals surface area contributed by atoms with Crippen LogP contribution in [0.1, 0.15) is 12.0 Å². The van der Waals surface area contributed by atoms with Crippen LogP contribution in [0.15, 0.2) is 18.3 Å². The summed E-state index contributed by atoms with van der Waals surface area (Å²) >= 11 is 0. The number of piperidine rings is 1. The average Bonchev–Trinajstić information content (AvgIpc) is 2.23. The summed E-state index contributed by atoms with van der Waals surface area (Å²) in [5, 5.41) is 3.46. The molecule has 0 bridgehead atoms. The predicted octanol–water partition coefficient (Wildman–Crippen LogP) is 1.19. The Balaban J connectivity index is 1.76. The van der Waals surface area contributed by atoms with Crippen LogP contribution >= 0.6 is 0 Å². The molecule has 3 rings (SSSR count). The SMILES string of the molecule is Cc1ccc(N2CC3CCNCC32)nc1. The van der Waals surface area contributed by atoms with Crippen LogP contribution in [-0.4, -0.2) is 30.7 Å². The van der Waals surface area contributed by atoms with Crippen LogP contribution in [0.3, 0.4) is 0 Å². The van der Waals surface area contributed by atoms with Crippen LogP contribution in [0.2, 0.25) is 0 Å². The largest absolute Gasteiger partial charge is 0.352 e. The molecule has 0 amide bonds. The third-order valence-electron chi connectivity index (χ3n) is 3.61. The van der Waals surface area contributed by atoms with Gasteiger partial charge < -0.3 is 10.2 Å². The third-order valence-corrected chi connectivity index (χ3v) is 3.61. The normalized spacial score (nSPS) is 29.5. The highest BCUT2D eigenvalue weighted by Crippen LogP contribution is 2.33. The van der Waals surface area contributed by atoms with E-state index in [0.717, 1.165) is 18.3 Å². The Bertz CT molecular complexity index is 346.